The summed E-state index contributed by atoms with van der Waals surface area (Å²) in [6, 6.07) is 8.89. The molecule has 9 heteroatoms. The Morgan fingerprint density at radius 2 is 2.00 bits per heavy atom. The van der Waals surface area contributed by atoms with E-state index >= 15 is 0 Å². The maximum atomic E-state index is 12.8. The Kier molecular flexibility index (Phi) is 5.97. The summed E-state index contributed by atoms with van der Waals surface area (Å²) >= 11 is 0. The van der Waals surface area contributed by atoms with Crippen LogP contribution >= 0.6 is 0 Å². The first-order valence-electron chi connectivity index (χ1n) is 10.0. The number of likely N-dealkylation sites (tertiary alicyclic amines) is 1. The van der Waals surface area contributed by atoms with Crippen LogP contribution in [0, 0.1) is 0 Å². The lowest BCUT2D eigenvalue weighted by atomic mass is 10.1. The van der Waals surface area contributed by atoms with Crippen molar-refractivity contribution in [2.75, 3.05) is 44.7 Å². The molecule has 0 N–H and O–H groups in total. The van der Waals surface area contributed by atoms with E-state index in [1.807, 2.05) is 24.3 Å². The van der Waals surface area contributed by atoms with Gasteiger partial charge in [0.15, 0.2) is 0 Å². The summed E-state index contributed by atoms with van der Waals surface area (Å²) in [6.07, 6.45) is 4.67. The standard InChI is InChI=1S/C21H25N5O4/c1-29-17-6-4-16(5-7-17)26-12-11-25(21(26)28)14-20(27)24-10-2-3-18(13-24)30-19-8-9-22-15-23-19/h4-9,15,18H,2-3,10-14H2,1H3. The molecule has 1 unspecified atom stereocenters. The predicted octanol–water partition coefficient (Wildman–Crippen LogP) is 1.80. The van der Waals surface area contributed by atoms with Crippen LogP contribution in [-0.4, -0.2) is 77.6 Å². The van der Waals surface area contributed by atoms with Crippen LogP contribution in [0.3, 0.4) is 0 Å². The first-order chi connectivity index (χ1) is 14.6. The molecule has 0 spiro atoms. The van der Waals surface area contributed by atoms with E-state index in [-0.39, 0.29) is 24.6 Å². The number of carbonyl (C=O) groups is 2. The van der Waals surface area contributed by atoms with Gasteiger partial charge in [-0.2, -0.15) is 0 Å². The molecule has 4 rings (SSSR count). The predicted molar refractivity (Wildman–Crippen MR) is 110 cm³/mol. The Labute approximate surface area is 175 Å². The van der Waals surface area contributed by atoms with Crippen LogP contribution in [0.5, 0.6) is 11.6 Å². The van der Waals surface area contributed by atoms with E-state index < -0.39 is 0 Å². The van der Waals surface area contributed by atoms with Crippen molar-refractivity contribution in [2.45, 2.75) is 18.9 Å². The van der Waals surface area contributed by atoms with E-state index in [9.17, 15) is 9.59 Å². The van der Waals surface area contributed by atoms with Crippen molar-refractivity contribution < 1.29 is 19.1 Å². The quantitative estimate of drug-likeness (QED) is 0.720. The number of amides is 3. The highest BCUT2D eigenvalue weighted by molar-refractivity contribution is 5.96. The van der Waals surface area contributed by atoms with Gasteiger partial charge in [0.1, 0.15) is 24.7 Å². The molecule has 30 heavy (non-hydrogen) atoms. The van der Waals surface area contributed by atoms with Gasteiger partial charge in [0, 0.05) is 37.6 Å². The van der Waals surface area contributed by atoms with Crippen molar-refractivity contribution in [3.05, 3.63) is 42.9 Å². The molecule has 1 aromatic carbocycles. The number of piperidine rings is 1. The number of anilines is 1. The molecule has 0 aliphatic carbocycles. The Balaban J connectivity index is 1.32. The topological polar surface area (TPSA) is 88.1 Å². The Morgan fingerprint density at radius 1 is 1.17 bits per heavy atom. The highest BCUT2D eigenvalue weighted by Crippen LogP contribution is 2.23. The summed E-state index contributed by atoms with van der Waals surface area (Å²) in [5.41, 5.74) is 0.798. The zero-order valence-electron chi connectivity index (χ0n) is 16.9. The molecule has 1 atom stereocenters. The number of rotatable bonds is 6. The SMILES string of the molecule is COc1ccc(N2CCN(CC(=O)N3CCCC(Oc4ccncn4)C3)C2=O)cc1. The Bertz CT molecular complexity index is 877. The number of nitrogens with zero attached hydrogens (tertiary/aromatic N) is 5. The molecule has 2 saturated heterocycles. The molecule has 9 nitrogen and oxygen atoms in total. The fraction of sp³-hybridized carbons (Fsp3) is 0.429. The molecular formula is C21H25N5O4. The van der Waals surface area contributed by atoms with E-state index in [4.69, 9.17) is 9.47 Å². The number of hydrogen-bond acceptors (Lipinski definition) is 6. The van der Waals surface area contributed by atoms with Crippen molar-refractivity contribution in [3.8, 4) is 11.6 Å². The number of carbonyl (C=O) groups excluding carboxylic acids is 2. The van der Waals surface area contributed by atoms with Gasteiger partial charge in [0.25, 0.3) is 0 Å². The van der Waals surface area contributed by atoms with Crippen LogP contribution in [0.25, 0.3) is 0 Å². The minimum Gasteiger partial charge on any atom is -0.497 e. The van der Waals surface area contributed by atoms with Gasteiger partial charge in [0.05, 0.1) is 13.7 Å². The summed E-state index contributed by atoms with van der Waals surface area (Å²) in [5.74, 6) is 1.19. The highest BCUT2D eigenvalue weighted by atomic mass is 16.5. The van der Waals surface area contributed by atoms with Crippen molar-refractivity contribution in [3.63, 3.8) is 0 Å². The second kappa shape index (κ2) is 8.98. The first kappa shape index (κ1) is 19.9. The number of hydrogen-bond donors (Lipinski definition) is 0. The molecule has 0 saturated carbocycles. The molecule has 3 heterocycles. The van der Waals surface area contributed by atoms with Crippen molar-refractivity contribution in [2.24, 2.45) is 0 Å². The molecule has 2 aliphatic rings. The van der Waals surface area contributed by atoms with Crippen LogP contribution in [0.4, 0.5) is 10.5 Å². The molecular weight excluding hydrogens is 386 g/mol. The molecule has 158 valence electrons. The molecule has 0 radical (unpaired) electrons. The maximum Gasteiger partial charge on any atom is 0.325 e. The van der Waals surface area contributed by atoms with Crippen molar-refractivity contribution >= 4 is 17.6 Å². The molecule has 1 aromatic heterocycles. The van der Waals surface area contributed by atoms with E-state index in [0.717, 1.165) is 24.3 Å². The third-order valence-corrected chi connectivity index (χ3v) is 5.38. The normalized spacial score (nSPS) is 19.2. The minimum atomic E-state index is -0.153. The zero-order chi connectivity index (χ0) is 20.9. The van der Waals surface area contributed by atoms with Gasteiger partial charge in [-0.1, -0.05) is 0 Å². The van der Waals surface area contributed by atoms with Gasteiger partial charge in [0.2, 0.25) is 11.8 Å². The van der Waals surface area contributed by atoms with Crippen molar-refractivity contribution in [1.29, 1.82) is 0 Å². The van der Waals surface area contributed by atoms with Gasteiger partial charge in [-0.15, -0.1) is 0 Å². The number of ether oxygens (including phenoxy) is 2. The molecule has 2 aliphatic heterocycles. The van der Waals surface area contributed by atoms with E-state index in [1.54, 1.807) is 34.1 Å². The number of methoxy groups -OCH3 is 1. The Morgan fingerprint density at radius 3 is 2.73 bits per heavy atom. The summed E-state index contributed by atoms with van der Waals surface area (Å²) in [5, 5.41) is 0. The fourth-order valence-corrected chi connectivity index (χ4v) is 3.77. The smallest absolute Gasteiger partial charge is 0.325 e. The molecule has 0 bridgehead atoms. The second-order valence-corrected chi connectivity index (χ2v) is 7.32. The summed E-state index contributed by atoms with van der Waals surface area (Å²) in [7, 11) is 1.60. The molecule has 3 amide bonds. The van der Waals surface area contributed by atoms with Crippen LogP contribution in [0.15, 0.2) is 42.9 Å². The second-order valence-electron chi connectivity index (χ2n) is 7.32. The van der Waals surface area contributed by atoms with E-state index in [0.29, 0.717) is 32.1 Å². The van der Waals surface area contributed by atoms with Gasteiger partial charge in [-0.05, 0) is 37.1 Å². The lowest BCUT2D eigenvalue weighted by molar-refractivity contribution is -0.134. The van der Waals surface area contributed by atoms with Gasteiger partial charge in [-0.25, -0.2) is 14.8 Å². The number of urea groups is 1. The average Bonchev–Trinajstić information content (AvgIpc) is 3.14. The lowest BCUT2D eigenvalue weighted by Gasteiger charge is -2.33. The van der Waals surface area contributed by atoms with Gasteiger partial charge >= 0.3 is 6.03 Å². The summed E-state index contributed by atoms with van der Waals surface area (Å²) < 4.78 is 11.0. The maximum absolute atomic E-state index is 12.8. The fourth-order valence-electron chi connectivity index (χ4n) is 3.77. The Hall–Kier alpha value is -3.36. The highest BCUT2D eigenvalue weighted by Gasteiger charge is 2.33. The van der Waals surface area contributed by atoms with E-state index in [2.05, 4.69) is 9.97 Å². The summed E-state index contributed by atoms with van der Waals surface area (Å²) in [6.45, 7) is 2.31. The average molecular weight is 411 g/mol. The zero-order valence-corrected chi connectivity index (χ0v) is 16.9. The number of aromatic nitrogens is 2. The van der Waals surface area contributed by atoms with Gasteiger partial charge in [-0.3, -0.25) is 9.69 Å². The van der Waals surface area contributed by atoms with Crippen LogP contribution < -0.4 is 14.4 Å². The summed E-state index contributed by atoms with van der Waals surface area (Å²) in [4.78, 5) is 38.7. The van der Waals surface area contributed by atoms with Crippen LogP contribution in [0.1, 0.15) is 12.8 Å². The molecule has 2 aromatic rings. The van der Waals surface area contributed by atoms with Crippen molar-refractivity contribution in [1.82, 2.24) is 19.8 Å². The number of benzene rings is 1. The van der Waals surface area contributed by atoms with E-state index in [1.165, 1.54) is 6.33 Å². The third kappa shape index (κ3) is 4.45. The first-order valence-corrected chi connectivity index (χ1v) is 10.0. The van der Waals surface area contributed by atoms with Crippen LogP contribution in [0.2, 0.25) is 0 Å². The van der Waals surface area contributed by atoms with Crippen LogP contribution in [-0.2, 0) is 4.79 Å². The molecule has 2 fully saturated rings. The minimum absolute atomic E-state index is 0.0593. The largest absolute Gasteiger partial charge is 0.497 e. The lowest BCUT2D eigenvalue weighted by Crippen LogP contribution is -2.48. The monoisotopic (exact) mass is 411 g/mol. The van der Waals surface area contributed by atoms with Gasteiger partial charge < -0.3 is 19.3 Å². The third-order valence-electron chi connectivity index (χ3n) is 5.38.